The number of nitrogens with two attached hydrogens (primary N) is 1. The summed E-state index contributed by atoms with van der Waals surface area (Å²) >= 11 is 0. The lowest BCUT2D eigenvalue weighted by atomic mass is 10.0. The Kier molecular flexibility index (Phi) is 11.7. The van der Waals surface area contributed by atoms with E-state index >= 15 is 0 Å². The number of amides is 3. The molecule has 45 heavy (non-hydrogen) atoms. The highest BCUT2D eigenvalue weighted by Crippen LogP contribution is 2.23. The summed E-state index contributed by atoms with van der Waals surface area (Å²) in [5.74, 6) is -1.73. The van der Waals surface area contributed by atoms with Gasteiger partial charge in [0, 0.05) is 48.1 Å². The number of benzene rings is 3. The van der Waals surface area contributed by atoms with Crippen molar-refractivity contribution in [3.8, 4) is 0 Å². The molecule has 2 atom stereocenters. The van der Waals surface area contributed by atoms with Crippen LogP contribution in [-0.2, 0) is 38.0 Å². The maximum atomic E-state index is 12.5. The summed E-state index contributed by atoms with van der Waals surface area (Å²) in [6, 6.07) is 16.9. The number of primary amides is 1. The van der Waals surface area contributed by atoms with Gasteiger partial charge in [-0.2, -0.15) is 0 Å². The van der Waals surface area contributed by atoms with Crippen LogP contribution in [0.3, 0.4) is 0 Å². The van der Waals surface area contributed by atoms with E-state index in [2.05, 4.69) is 10.6 Å². The number of nitrogens with zero attached hydrogens (tertiary/aromatic N) is 1. The molecule has 0 spiro atoms. The van der Waals surface area contributed by atoms with E-state index in [0.717, 1.165) is 5.56 Å². The predicted octanol–water partition coefficient (Wildman–Crippen LogP) is 4.92. The quantitative estimate of drug-likeness (QED) is 0.214. The molecule has 0 aliphatic rings. The average Bonchev–Trinajstić information content (AvgIpc) is 2.95. The minimum absolute atomic E-state index is 0.0526. The molecule has 0 bridgehead atoms. The number of hydrogen-bond donors (Lipinski definition) is 4. The van der Waals surface area contributed by atoms with E-state index in [-0.39, 0.29) is 18.7 Å². The molecule has 0 aliphatic carbocycles. The van der Waals surface area contributed by atoms with E-state index in [1.807, 2.05) is 0 Å². The number of anilines is 2. The summed E-state index contributed by atoms with van der Waals surface area (Å²) in [6.45, 7) is 5.46. The number of carboxylic acids is 1. The van der Waals surface area contributed by atoms with Gasteiger partial charge in [0.2, 0.25) is 5.91 Å². The molecule has 3 amide bonds. The lowest BCUT2D eigenvalue weighted by Crippen LogP contribution is -2.34. The van der Waals surface area contributed by atoms with E-state index < -0.39 is 46.5 Å². The molecule has 0 radical (unpaired) electrons. The third kappa shape index (κ3) is 10.6. The first-order valence-electron chi connectivity index (χ1n) is 13.9. The summed E-state index contributed by atoms with van der Waals surface area (Å²) in [6.07, 6.45) is 0.671. The van der Waals surface area contributed by atoms with Gasteiger partial charge in [-0.05, 0) is 73.9 Å². The van der Waals surface area contributed by atoms with Gasteiger partial charge in [0.05, 0.1) is 17.4 Å². The normalized spacial score (nSPS) is 12.4. The Bertz CT molecular complexity index is 1570. The van der Waals surface area contributed by atoms with Crippen molar-refractivity contribution in [3.63, 3.8) is 0 Å². The van der Waals surface area contributed by atoms with Gasteiger partial charge in [-0.15, -0.1) is 0 Å². The zero-order chi connectivity index (χ0) is 33.3. The zero-order valence-corrected chi connectivity index (χ0v) is 26.6. The SMILES string of the molecule is CN(Cc1cc(NC(=O)OCCc2ccc(C(Nc3cccc(C(N)=O)c3)C(=O)O)cc2)ccc1S(C)=O)C(=O)OC(C)(C)C. The summed E-state index contributed by atoms with van der Waals surface area (Å²) < 4.78 is 23.0. The second-order valence-electron chi connectivity index (χ2n) is 11.2. The average molecular weight is 639 g/mol. The van der Waals surface area contributed by atoms with E-state index in [1.54, 1.807) is 82.4 Å². The number of carboxylic acid groups (broad SMARTS) is 1. The molecule has 0 aromatic heterocycles. The van der Waals surface area contributed by atoms with Crippen molar-refractivity contribution in [2.75, 3.05) is 30.5 Å². The lowest BCUT2D eigenvalue weighted by Gasteiger charge is -2.25. The van der Waals surface area contributed by atoms with Crippen LogP contribution in [-0.4, -0.2) is 63.8 Å². The van der Waals surface area contributed by atoms with Crippen LogP contribution in [0.2, 0.25) is 0 Å². The van der Waals surface area contributed by atoms with Crippen LogP contribution < -0.4 is 16.4 Å². The number of nitrogens with one attached hydrogen (secondary N) is 2. The Morgan fingerprint density at radius 2 is 1.69 bits per heavy atom. The maximum absolute atomic E-state index is 12.5. The fraction of sp³-hybridized carbons (Fsp3) is 0.312. The first-order chi connectivity index (χ1) is 21.1. The largest absolute Gasteiger partial charge is 0.479 e. The van der Waals surface area contributed by atoms with Crippen LogP contribution in [0.15, 0.2) is 71.6 Å². The highest BCUT2D eigenvalue weighted by molar-refractivity contribution is 7.84. The molecule has 2 unspecified atom stereocenters. The molecule has 0 aliphatic heterocycles. The Labute approximate surface area is 264 Å². The van der Waals surface area contributed by atoms with Crippen molar-refractivity contribution in [1.82, 2.24) is 4.90 Å². The second-order valence-corrected chi connectivity index (χ2v) is 12.6. The second kappa shape index (κ2) is 15.2. The third-order valence-electron chi connectivity index (χ3n) is 6.37. The van der Waals surface area contributed by atoms with Crippen molar-refractivity contribution in [2.24, 2.45) is 5.73 Å². The molecule has 13 heteroatoms. The van der Waals surface area contributed by atoms with Crippen LogP contribution in [0.25, 0.3) is 0 Å². The Hall–Kier alpha value is -4.91. The van der Waals surface area contributed by atoms with E-state index in [9.17, 15) is 28.5 Å². The molecule has 240 valence electrons. The Balaban J connectivity index is 1.58. The van der Waals surface area contributed by atoms with Gasteiger partial charge < -0.3 is 30.5 Å². The van der Waals surface area contributed by atoms with Gasteiger partial charge in [-0.3, -0.25) is 14.3 Å². The molecular weight excluding hydrogens is 600 g/mol. The molecule has 3 aromatic carbocycles. The molecule has 3 aromatic rings. The van der Waals surface area contributed by atoms with Crippen LogP contribution in [0.1, 0.15) is 53.9 Å². The van der Waals surface area contributed by atoms with Gasteiger partial charge in [0.1, 0.15) is 5.60 Å². The van der Waals surface area contributed by atoms with Crippen molar-refractivity contribution >= 4 is 46.2 Å². The number of aliphatic carboxylic acids is 1. The van der Waals surface area contributed by atoms with Gasteiger partial charge in [0.25, 0.3) is 0 Å². The van der Waals surface area contributed by atoms with E-state index in [1.165, 1.54) is 23.3 Å². The van der Waals surface area contributed by atoms with Gasteiger partial charge >= 0.3 is 18.2 Å². The monoisotopic (exact) mass is 638 g/mol. The van der Waals surface area contributed by atoms with E-state index in [0.29, 0.717) is 33.8 Å². The topological polar surface area (TPSA) is 177 Å². The fourth-order valence-corrected chi connectivity index (χ4v) is 4.98. The molecule has 3 rings (SSSR count). The van der Waals surface area contributed by atoms with Crippen molar-refractivity contribution in [1.29, 1.82) is 0 Å². The van der Waals surface area contributed by atoms with Crippen molar-refractivity contribution in [2.45, 2.75) is 50.3 Å². The van der Waals surface area contributed by atoms with Gasteiger partial charge in [0.15, 0.2) is 6.04 Å². The smallest absolute Gasteiger partial charge is 0.411 e. The molecular formula is C32H38N4O8S. The molecule has 0 saturated carbocycles. The number of carbonyl (C=O) groups is 4. The van der Waals surface area contributed by atoms with Gasteiger partial charge in [-0.25, -0.2) is 14.4 Å². The third-order valence-corrected chi connectivity index (χ3v) is 7.39. The maximum Gasteiger partial charge on any atom is 0.411 e. The summed E-state index contributed by atoms with van der Waals surface area (Å²) in [5.41, 5.74) is 7.61. The highest BCUT2D eigenvalue weighted by atomic mass is 32.2. The summed E-state index contributed by atoms with van der Waals surface area (Å²) in [4.78, 5) is 50.2. The minimum Gasteiger partial charge on any atom is -0.479 e. The lowest BCUT2D eigenvalue weighted by molar-refractivity contribution is -0.138. The first-order valence-corrected chi connectivity index (χ1v) is 15.5. The van der Waals surface area contributed by atoms with Crippen LogP contribution in [0, 0.1) is 0 Å². The molecule has 5 N–H and O–H groups in total. The zero-order valence-electron chi connectivity index (χ0n) is 25.8. The summed E-state index contributed by atoms with van der Waals surface area (Å²) in [5, 5.41) is 15.3. The molecule has 0 saturated heterocycles. The molecule has 0 heterocycles. The number of rotatable bonds is 12. The first kappa shape index (κ1) is 34.6. The Morgan fingerprint density at radius 1 is 1.00 bits per heavy atom. The van der Waals surface area contributed by atoms with Crippen LogP contribution >= 0.6 is 0 Å². The number of hydrogen-bond acceptors (Lipinski definition) is 8. The van der Waals surface area contributed by atoms with Crippen LogP contribution in [0.4, 0.5) is 21.0 Å². The minimum atomic E-state index is -1.33. The standard InChI is InChI=1S/C32H38N4O8S/c1-32(2,3)44-31(41)36(4)19-23-18-25(13-14-26(23)45(5)42)35-30(40)43-16-15-20-9-11-21(12-10-20)27(29(38)39)34-24-8-6-7-22(17-24)28(33)37/h6-14,17-18,27,34H,15-16,19H2,1-5H3,(H2,33,37)(H,35,40)(H,38,39). The highest BCUT2D eigenvalue weighted by Gasteiger charge is 2.22. The summed E-state index contributed by atoms with van der Waals surface area (Å²) in [7, 11) is 0.236. The van der Waals surface area contributed by atoms with E-state index in [4.69, 9.17) is 15.2 Å². The Morgan fingerprint density at radius 3 is 2.29 bits per heavy atom. The fourth-order valence-electron chi connectivity index (χ4n) is 4.23. The van der Waals surface area contributed by atoms with Crippen molar-refractivity contribution in [3.05, 3.63) is 89.0 Å². The van der Waals surface area contributed by atoms with Crippen LogP contribution in [0.5, 0.6) is 0 Å². The number of ether oxygens (including phenoxy) is 2. The van der Waals surface area contributed by atoms with Crippen molar-refractivity contribution < 1.29 is 38.0 Å². The number of carbonyl (C=O) groups excluding carboxylic acids is 3. The molecule has 12 nitrogen and oxygen atoms in total. The van der Waals surface area contributed by atoms with Gasteiger partial charge in [-0.1, -0.05) is 30.3 Å². The molecule has 0 fully saturated rings. The predicted molar refractivity (Wildman–Crippen MR) is 171 cm³/mol.